The Kier molecular flexibility index (Phi) is 4.91. The molecule has 1 heterocycles. The van der Waals surface area contributed by atoms with Gasteiger partial charge in [-0.05, 0) is 49.3 Å². The van der Waals surface area contributed by atoms with Crippen LogP contribution in [-0.2, 0) is 0 Å². The number of hydrogen-bond acceptors (Lipinski definition) is 4. The number of thioether (sulfide) groups is 1. The average Bonchev–Trinajstić information content (AvgIpc) is 2.73. The molecule has 0 bridgehead atoms. The third-order valence-electron chi connectivity index (χ3n) is 3.19. The maximum Gasteiger partial charge on any atom is 0.261 e. The zero-order valence-corrected chi connectivity index (χ0v) is 13.8. The second-order valence-electron chi connectivity index (χ2n) is 5.31. The standard InChI is InChI=1S/C15H18FNO2S2/c1-9-11-6-10(16)4-5-12(11)21-13(9)14(18)17-7-15(2,19)8-20-3/h4-6,19H,7-8H2,1-3H3,(H,17,18). The van der Waals surface area contributed by atoms with Crippen LogP contribution in [0.3, 0.4) is 0 Å². The van der Waals surface area contributed by atoms with Gasteiger partial charge in [-0.3, -0.25) is 4.79 Å². The molecule has 0 aliphatic rings. The van der Waals surface area contributed by atoms with Gasteiger partial charge in [0, 0.05) is 17.0 Å². The summed E-state index contributed by atoms with van der Waals surface area (Å²) in [5.74, 6) is 0.0120. The normalized spacial score (nSPS) is 14.1. The lowest BCUT2D eigenvalue weighted by molar-refractivity contribution is 0.0727. The van der Waals surface area contributed by atoms with Crippen molar-refractivity contribution in [1.29, 1.82) is 0 Å². The topological polar surface area (TPSA) is 49.3 Å². The molecule has 0 saturated heterocycles. The highest BCUT2D eigenvalue weighted by atomic mass is 32.2. The fourth-order valence-electron chi connectivity index (χ4n) is 2.12. The van der Waals surface area contributed by atoms with Crippen molar-refractivity contribution >= 4 is 39.1 Å². The predicted molar refractivity (Wildman–Crippen MR) is 87.9 cm³/mol. The number of halogens is 1. The van der Waals surface area contributed by atoms with Crippen molar-refractivity contribution in [3.63, 3.8) is 0 Å². The van der Waals surface area contributed by atoms with Crippen LogP contribution in [0.1, 0.15) is 22.2 Å². The van der Waals surface area contributed by atoms with E-state index in [1.165, 1.54) is 35.2 Å². The number of carbonyl (C=O) groups excluding carboxylic acids is 1. The SMILES string of the molecule is CSCC(C)(O)CNC(=O)c1sc2ccc(F)cc2c1C. The summed E-state index contributed by atoms with van der Waals surface area (Å²) in [7, 11) is 0. The van der Waals surface area contributed by atoms with Crippen LogP contribution in [-0.4, -0.2) is 35.2 Å². The van der Waals surface area contributed by atoms with E-state index >= 15 is 0 Å². The van der Waals surface area contributed by atoms with Crippen LogP contribution in [0.5, 0.6) is 0 Å². The van der Waals surface area contributed by atoms with E-state index in [1.807, 2.05) is 13.2 Å². The summed E-state index contributed by atoms with van der Waals surface area (Å²) in [4.78, 5) is 12.8. The lowest BCUT2D eigenvalue weighted by Gasteiger charge is -2.22. The number of aryl methyl sites for hydroxylation is 1. The summed E-state index contributed by atoms with van der Waals surface area (Å²) >= 11 is 2.86. The van der Waals surface area contributed by atoms with Gasteiger partial charge in [0.25, 0.3) is 5.91 Å². The van der Waals surface area contributed by atoms with Crippen molar-refractivity contribution in [1.82, 2.24) is 5.32 Å². The minimum absolute atomic E-state index is 0.189. The van der Waals surface area contributed by atoms with Crippen LogP contribution in [0.2, 0.25) is 0 Å². The Balaban J connectivity index is 2.18. The van der Waals surface area contributed by atoms with E-state index in [-0.39, 0.29) is 18.3 Å². The molecule has 1 amide bonds. The van der Waals surface area contributed by atoms with E-state index in [0.717, 1.165) is 15.6 Å². The fraction of sp³-hybridized carbons (Fsp3) is 0.400. The Morgan fingerprint density at radius 2 is 2.24 bits per heavy atom. The van der Waals surface area contributed by atoms with Gasteiger partial charge >= 0.3 is 0 Å². The summed E-state index contributed by atoms with van der Waals surface area (Å²) in [5, 5.41) is 13.6. The molecule has 0 radical (unpaired) electrons. The number of benzene rings is 1. The number of nitrogens with one attached hydrogen (secondary N) is 1. The molecule has 3 nitrogen and oxygen atoms in total. The molecule has 21 heavy (non-hydrogen) atoms. The minimum Gasteiger partial charge on any atom is -0.387 e. The quantitative estimate of drug-likeness (QED) is 0.887. The fourth-order valence-corrected chi connectivity index (χ4v) is 3.95. The third-order valence-corrected chi connectivity index (χ3v) is 5.37. The van der Waals surface area contributed by atoms with Gasteiger partial charge in [-0.2, -0.15) is 11.8 Å². The molecular formula is C15H18FNO2S2. The Morgan fingerprint density at radius 1 is 1.52 bits per heavy atom. The lowest BCUT2D eigenvalue weighted by Crippen LogP contribution is -2.42. The van der Waals surface area contributed by atoms with Crippen LogP contribution >= 0.6 is 23.1 Å². The molecular weight excluding hydrogens is 309 g/mol. The minimum atomic E-state index is -0.939. The summed E-state index contributed by atoms with van der Waals surface area (Å²) in [6, 6.07) is 4.52. The summed E-state index contributed by atoms with van der Waals surface area (Å²) in [5.41, 5.74) is -0.164. The van der Waals surface area contributed by atoms with Gasteiger partial charge in [-0.1, -0.05) is 0 Å². The first-order valence-corrected chi connectivity index (χ1v) is 8.73. The van der Waals surface area contributed by atoms with Crippen molar-refractivity contribution < 1.29 is 14.3 Å². The molecule has 1 aromatic carbocycles. The second kappa shape index (κ2) is 6.34. The number of hydrogen-bond donors (Lipinski definition) is 2. The zero-order chi connectivity index (χ0) is 15.6. The number of carbonyl (C=O) groups is 1. The maximum atomic E-state index is 13.3. The summed E-state index contributed by atoms with van der Waals surface area (Å²) < 4.78 is 14.2. The third kappa shape index (κ3) is 3.75. The van der Waals surface area contributed by atoms with Gasteiger partial charge in [0.05, 0.1) is 10.5 Å². The van der Waals surface area contributed by atoms with Crippen molar-refractivity contribution in [2.45, 2.75) is 19.4 Å². The molecule has 1 atom stereocenters. The van der Waals surface area contributed by atoms with Crippen LogP contribution in [0, 0.1) is 12.7 Å². The molecule has 1 unspecified atom stereocenters. The molecule has 0 aliphatic heterocycles. The number of rotatable bonds is 5. The van der Waals surface area contributed by atoms with Crippen LogP contribution < -0.4 is 5.32 Å². The first-order chi connectivity index (χ1) is 9.84. The largest absolute Gasteiger partial charge is 0.387 e. The van der Waals surface area contributed by atoms with Crippen molar-refractivity contribution in [2.75, 3.05) is 18.6 Å². The molecule has 2 N–H and O–H groups in total. The molecule has 0 fully saturated rings. The number of thiophene rings is 1. The number of amides is 1. The Bertz CT molecular complexity index is 667. The molecule has 2 aromatic rings. The van der Waals surface area contributed by atoms with Crippen LogP contribution in [0.25, 0.3) is 10.1 Å². The van der Waals surface area contributed by atoms with E-state index in [1.54, 1.807) is 13.0 Å². The van der Waals surface area contributed by atoms with E-state index in [0.29, 0.717) is 10.6 Å². The number of aliphatic hydroxyl groups is 1. The van der Waals surface area contributed by atoms with E-state index in [9.17, 15) is 14.3 Å². The van der Waals surface area contributed by atoms with Gasteiger partial charge < -0.3 is 10.4 Å². The molecule has 0 spiro atoms. The van der Waals surface area contributed by atoms with Gasteiger partial charge in [0.15, 0.2) is 0 Å². The molecule has 0 aliphatic carbocycles. The van der Waals surface area contributed by atoms with Crippen LogP contribution in [0.4, 0.5) is 4.39 Å². The smallest absolute Gasteiger partial charge is 0.261 e. The molecule has 2 rings (SSSR count). The van der Waals surface area contributed by atoms with Gasteiger partial charge in [-0.25, -0.2) is 4.39 Å². The van der Waals surface area contributed by atoms with Crippen molar-refractivity contribution in [3.8, 4) is 0 Å². The Hall–Kier alpha value is -1.11. The van der Waals surface area contributed by atoms with Gasteiger partial charge in [0.1, 0.15) is 5.82 Å². The van der Waals surface area contributed by atoms with Crippen LogP contribution in [0.15, 0.2) is 18.2 Å². The highest BCUT2D eigenvalue weighted by molar-refractivity contribution is 7.98. The van der Waals surface area contributed by atoms with Crippen molar-refractivity contribution in [2.24, 2.45) is 0 Å². The molecule has 1 aromatic heterocycles. The molecule has 6 heteroatoms. The zero-order valence-electron chi connectivity index (χ0n) is 12.2. The first-order valence-electron chi connectivity index (χ1n) is 6.52. The second-order valence-corrected chi connectivity index (χ2v) is 7.23. The Morgan fingerprint density at radius 3 is 2.90 bits per heavy atom. The van der Waals surface area contributed by atoms with E-state index in [2.05, 4.69) is 5.32 Å². The molecule has 0 saturated carbocycles. The number of fused-ring (bicyclic) bond motifs is 1. The summed E-state index contributed by atoms with van der Waals surface area (Å²) in [6.45, 7) is 3.69. The predicted octanol–water partition coefficient (Wildman–Crippen LogP) is 3.19. The maximum absolute atomic E-state index is 13.3. The monoisotopic (exact) mass is 327 g/mol. The van der Waals surface area contributed by atoms with Gasteiger partial charge in [0.2, 0.25) is 0 Å². The average molecular weight is 327 g/mol. The highest BCUT2D eigenvalue weighted by Crippen LogP contribution is 2.31. The Labute approximate surface area is 131 Å². The van der Waals surface area contributed by atoms with E-state index in [4.69, 9.17) is 0 Å². The lowest BCUT2D eigenvalue weighted by atomic mass is 10.1. The highest BCUT2D eigenvalue weighted by Gasteiger charge is 2.22. The summed E-state index contributed by atoms with van der Waals surface area (Å²) in [6.07, 6.45) is 1.90. The molecule has 114 valence electrons. The van der Waals surface area contributed by atoms with Gasteiger partial charge in [-0.15, -0.1) is 11.3 Å². The first kappa shape index (κ1) is 16.3. The van der Waals surface area contributed by atoms with E-state index < -0.39 is 5.60 Å². The van der Waals surface area contributed by atoms with Crippen molar-refractivity contribution in [3.05, 3.63) is 34.5 Å².